The van der Waals surface area contributed by atoms with Crippen LogP contribution in [-0.4, -0.2) is 36.4 Å². The molecule has 1 fully saturated rings. The van der Waals surface area contributed by atoms with Gasteiger partial charge in [-0.2, -0.15) is 4.31 Å². The van der Waals surface area contributed by atoms with Gasteiger partial charge in [-0.3, -0.25) is 0 Å². The van der Waals surface area contributed by atoms with E-state index in [2.05, 4.69) is 0 Å². The van der Waals surface area contributed by atoms with Gasteiger partial charge in [0.15, 0.2) is 0 Å². The first-order valence-corrected chi connectivity index (χ1v) is 6.72. The van der Waals surface area contributed by atoms with Crippen molar-refractivity contribution in [1.82, 2.24) is 4.31 Å². The SMILES string of the molecule is CC1CCCN1S(=O)(=O)c1ccc(C(=O)O)o1. The van der Waals surface area contributed by atoms with Crippen LogP contribution in [0.2, 0.25) is 0 Å². The van der Waals surface area contributed by atoms with Gasteiger partial charge in [-0.1, -0.05) is 0 Å². The first-order chi connectivity index (χ1) is 7.93. The molecular formula is C10H13NO5S. The van der Waals surface area contributed by atoms with Gasteiger partial charge >= 0.3 is 5.97 Å². The van der Waals surface area contributed by atoms with Crippen LogP contribution in [0.5, 0.6) is 0 Å². The van der Waals surface area contributed by atoms with E-state index < -0.39 is 16.0 Å². The number of nitrogens with zero attached hydrogens (tertiary/aromatic N) is 1. The van der Waals surface area contributed by atoms with E-state index in [9.17, 15) is 13.2 Å². The number of hydrogen-bond acceptors (Lipinski definition) is 4. The third kappa shape index (κ3) is 2.07. The summed E-state index contributed by atoms with van der Waals surface area (Å²) < 4.78 is 30.4. The van der Waals surface area contributed by atoms with Gasteiger partial charge in [-0.15, -0.1) is 0 Å². The van der Waals surface area contributed by atoms with Crippen molar-refractivity contribution >= 4 is 16.0 Å². The maximum atomic E-state index is 12.1. The van der Waals surface area contributed by atoms with Crippen molar-refractivity contribution in [3.8, 4) is 0 Å². The second kappa shape index (κ2) is 4.15. The molecule has 1 unspecified atom stereocenters. The fourth-order valence-corrected chi connectivity index (χ4v) is 3.57. The summed E-state index contributed by atoms with van der Waals surface area (Å²) >= 11 is 0. The minimum Gasteiger partial charge on any atom is -0.475 e. The summed E-state index contributed by atoms with van der Waals surface area (Å²) in [4.78, 5) is 10.6. The van der Waals surface area contributed by atoms with Crippen molar-refractivity contribution in [2.75, 3.05) is 6.54 Å². The zero-order valence-electron chi connectivity index (χ0n) is 9.29. The van der Waals surface area contributed by atoms with E-state index >= 15 is 0 Å². The van der Waals surface area contributed by atoms with E-state index in [1.807, 2.05) is 6.92 Å². The first-order valence-electron chi connectivity index (χ1n) is 5.28. The number of sulfonamides is 1. The number of hydrogen-bond donors (Lipinski definition) is 1. The average molecular weight is 259 g/mol. The minimum absolute atomic E-state index is 0.0709. The van der Waals surface area contributed by atoms with Gasteiger partial charge in [-0.05, 0) is 31.9 Å². The number of rotatable bonds is 3. The molecule has 17 heavy (non-hydrogen) atoms. The quantitative estimate of drug-likeness (QED) is 0.879. The van der Waals surface area contributed by atoms with Crippen LogP contribution >= 0.6 is 0 Å². The Morgan fingerprint density at radius 3 is 2.71 bits per heavy atom. The second-order valence-electron chi connectivity index (χ2n) is 4.03. The number of carboxylic acids is 1. The lowest BCUT2D eigenvalue weighted by Crippen LogP contribution is -2.33. The number of aromatic carboxylic acids is 1. The number of carbonyl (C=O) groups is 1. The van der Waals surface area contributed by atoms with E-state index in [1.165, 1.54) is 10.4 Å². The molecule has 0 bridgehead atoms. The Hall–Kier alpha value is -1.34. The molecule has 0 aromatic carbocycles. The first kappa shape index (κ1) is 12.1. The third-order valence-corrected chi connectivity index (χ3v) is 4.73. The second-order valence-corrected chi connectivity index (χ2v) is 5.85. The fraction of sp³-hybridized carbons (Fsp3) is 0.500. The molecule has 0 saturated carbocycles. The van der Waals surface area contributed by atoms with Crippen LogP contribution in [0.25, 0.3) is 0 Å². The minimum atomic E-state index is -3.70. The van der Waals surface area contributed by atoms with Gasteiger partial charge in [0.1, 0.15) is 0 Å². The highest BCUT2D eigenvalue weighted by atomic mass is 32.2. The Bertz CT molecular complexity index is 533. The highest BCUT2D eigenvalue weighted by molar-refractivity contribution is 7.89. The van der Waals surface area contributed by atoms with E-state index in [0.717, 1.165) is 18.9 Å². The molecule has 0 amide bonds. The fourth-order valence-electron chi connectivity index (χ4n) is 1.95. The van der Waals surface area contributed by atoms with Crippen molar-refractivity contribution in [1.29, 1.82) is 0 Å². The lowest BCUT2D eigenvalue weighted by Gasteiger charge is -2.18. The number of carboxylic acid groups (broad SMARTS) is 1. The van der Waals surface area contributed by atoms with E-state index in [4.69, 9.17) is 9.52 Å². The summed E-state index contributed by atoms with van der Waals surface area (Å²) in [6, 6.07) is 2.26. The molecule has 0 radical (unpaired) electrons. The Labute approximate surface area is 98.9 Å². The van der Waals surface area contributed by atoms with Gasteiger partial charge in [0.2, 0.25) is 10.9 Å². The highest BCUT2D eigenvalue weighted by Gasteiger charge is 2.35. The van der Waals surface area contributed by atoms with Crippen LogP contribution in [0.1, 0.15) is 30.3 Å². The van der Waals surface area contributed by atoms with Gasteiger partial charge in [-0.25, -0.2) is 13.2 Å². The van der Waals surface area contributed by atoms with Crippen molar-refractivity contribution in [2.45, 2.75) is 30.9 Å². The molecular weight excluding hydrogens is 246 g/mol. The van der Waals surface area contributed by atoms with Crippen LogP contribution in [0, 0.1) is 0 Å². The molecule has 1 atom stereocenters. The zero-order chi connectivity index (χ0) is 12.6. The topological polar surface area (TPSA) is 87.8 Å². The largest absolute Gasteiger partial charge is 0.475 e. The van der Waals surface area contributed by atoms with Crippen LogP contribution in [-0.2, 0) is 10.0 Å². The molecule has 6 nitrogen and oxygen atoms in total. The van der Waals surface area contributed by atoms with Gasteiger partial charge in [0.05, 0.1) is 0 Å². The van der Waals surface area contributed by atoms with Gasteiger partial charge < -0.3 is 9.52 Å². The third-order valence-electron chi connectivity index (χ3n) is 2.85. The molecule has 2 rings (SSSR count). The van der Waals surface area contributed by atoms with Gasteiger partial charge in [0.25, 0.3) is 10.0 Å². The Morgan fingerprint density at radius 1 is 1.53 bits per heavy atom. The molecule has 0 aliphatic carbocycles. The maximum Gasteiger partial charge on any atom is 0.371 e. The normalized spacial score (nSPS) is 21.8. The maximum absolute atomic E-state index is 12.1. The van der Waals surface area contributed by atoms with E-state index in [-0.39, 0.29) is 16.9 Å². The summed E-state index contributed by atoms with van der Waals surface area (Å²) in [7, 11) is -3.70. The van der Waals surface area contributed by atoms with Crippen molar-refractivity contribution in [2.24, 2.45) is 0 Å². The summed E-state index contributed by atoms with van der Waals surface area (Å²) in [6.07, 6.45) is 1.62. The molecule has 1 saturated heterocycles. The molecule has 0 spiro atoms. The molecule has 1 N–H and O–H groups in total. The van der Waals surface area contributed by atoms with Gasteiger partial charge in [0, 0.05) is 12.6 Å². The molecule has 1 aliphatic heterocycles. The van der Waals surface area contributed by atoms with Crippen LogP contribution in [0.15, 0.2) is 21.6 Å². The predicted octanol–water partition coefficient (Wildman–Crippen LogP) is 1.15. The molecule has 1 aliphatic rings. The number of furan rings is 1. The van der Waals surface area contributed by atoms with Crippen LogP contribution in [0.4, 0.5) is 0 Å². The van der Waals surface area contributed by atoms with E-state index in [0.29, 0.717) is 6.54 Å². The average Bonchev–Trinajstić information content (AvgIpc) is 2.84. The Morgan fingerprint density at radius 2 is 2.24 bits per heavy atom. The van der Waals surface area contributed by atoms with Crippen molar-refractivity contribution in [3.05, 3.63) is 17.9 Å². The standard InChI is InChI=1S/C10H13NO5S/c1-7-3-2-6-11(7)17(14,15)9-5-4-8(16-9)10(12)13/h4-5,7H,2-3,6H2,1H3,(H,12,13). The summed E-state index contributed by atoms with van der Waals surface area (Å²) in [5, 5.41) is 8.38. The highest BCUT2D eigenvalue weighted by Crippen LogP contribution is 2.26. The lowest BCUT2D eigenvalue weighted by molar-refractivity contribution is 0.0656. The molecule has 1 aromatic heterocycles. The summed E-state index contributed by atoms with van der Waals surface area (Å²) in [5.41, 5.74) is 0. The van der Waals surface area contributed by atoms with Crippen molar-refractivity contribution < 1.29 is 22.7 Å². The molecule has 1 aromatic rings. The van der Waals surface area contributed by atoms with E-state index in [1.54, 1.807) is 0 Å². The Kier molecular flexibility index (Phi) is 2.96. The summed E-state index contributed by atoms with van der Waals surface area (Å²) in [6.45, 7) is 2.28. The predicted molar refractivity (Wildman–Crippen MR) is 58.3 cm³/mol. The lowest BCUT2D eigenvalue weighted by atomic mass is 10.3. The Balaban J connectivity index is 2.34. The molecule has 2 heterocycles. The monoisotopic (exact) mass is 259 g/mol. The molecule has 7 heteroatoms. The summed E-state index contributed by atoms with van der Waals surface area (Å²) in [5.74, 6) is -1.64. The van der Waals surface area contributed by atoms with Crippen LogP contribution < -0.4 is 0 Å². The van der Waals surface area contributed by atoms with Crippen molar-refractivity contribution in [3.63, 3.8) is 0 Å². The smallest absolute Gasteiger partial charge is 0.371 e. The zero-order valence-corrected chi connectivity index (χ0v) is 10.1. The molecule has 94 valence electrons. The van der Waals surface area contributed by atoms with Crippen LogP contribution in [0.3, 0.4) is 0 Å².